The van der Waals surface area contributed by atoms with Crippen LogP contribution in [-0.2, 0) is 9.59 Å². The Morgan fingerprint density at radius 3 is 1.10 bits per heavy atom. The van der Waals surface area contributed by atoms with Crippen molar-refractivity contribution in [2.75, 3.05) is 13.1 Å². The predicted molar refractivity (Wildman–Crippen MR) is 157 cm³/mol. The zero-order chi connectivity index (χ0) is 27.7. The maximum atomic E-state index is 13.3. The van der Waals surface area contributed by atoms with Crippen LogP contribution in [-0.4, -0.2) is 70.4 Å². The molecule has 2 aromatic rings. The van der Waals surface area contributed by atoms with E-state index in [9.17, 15) is 28.8 Å². The average molecular weight is 684 g/mol. The number of hydrogen-bond acceptors (Lipinski definition) is 8. The summed E-state index contributed by atoms with van der Waals surface area (Å²) >= 11 is 0. The van der Waals surface area contributed by atoms with Crippen LogP contribution in [0.4, 0.5) is 0 Å². The van der Waals surface area contributed by atoms with Crippen molar-refractivity contribution < 1.29 is 28.8 Å². The van der Waals surface area contributed by atoms with E-state index in [4.69, 9.17) is 22.9 Å². The van der Waals surface area contributed by atoms with Crippen LogP contribution in [0.3, 0.4) is 0 Å². The number of carbonyl (C=O) groups excluding carboxylic acids is 6. The maximum Gasteiger partial charge on any atom is 0.261 e. The van der Waals surface area contributed by atoms with Crippen LogP contribution < -0.4 is 22.9 Å². The van der Waals surface area contributed by atoms with Crippen molar-refractivity contribution in [1.29, 1.82) is 0 Å². The normalized spacial score (nSPS) is 15.4. The smallest absolute Gasteiger partial charge is 0.261 e. The molecule has 8 N–H and O–H groups in total. The standard InChI is InChI=1S/C26H30N6O6.2BrH/c27-17(21(29)33)5-1-3-11-31-23(35)13-7-9-15-20-16(10-8-14(19(13)20)24(31)36)26(38)32(25(15)37)12-4-2-6-18(28)22(30)34;;/h7-10,17-18H,1-6,11-12,27-28H2,(H2,29,33)(H2,30,34);2*1H. The molecule has 0 aliphatic carbocycles. The van der Waals surface area contributed by atoms with Crippen LogP contribution in [0.5, 0.6) is 0 Å². The van der Waals surface area contributed by atoms with Crippen LogP contribution in [0.15, 0.2) is 24.3 Å². The van der Waals surface area contributed by atoms with Crippen LogP contribution >= 0.6 is 34.0 Å². The van der Waals surface area contributed by atoms with Gasteiger partial charge >= 0.3 is 0 Å². The minimum absolute atomic E-state index is 0. The first-order chi connectivity index (χ1) is 18.0. The first kappa shape index (κ1) is 33.0. The summed E-state index contributed by atoms with van der Waals surface area (Å²) in [4.78, 5) is 77.6. The number of imide groups is 2. The highest BCUT2D eigenvalue weighted by Crippen LogP contribution is 2.38. The van der Waals surface area contributed by atoms with Gasteiger partial charge in [0, 0.05) is 46.1 Å². The van der Waals surface area contributed by atoms with Crippen LogP contribution in [0.1, 0.15) is 80.0 Å². The molecule has 2 aromatic carbocycles. The molecule has 0 saturated carbocycles. The molecule has 2 unspecified atom stereocenters. The van der Waals surface area contributed by atoms with Crippen molar-refractivity contribution in [3.8, 4) is 0 Å². The molecule has 216 valence electrons. The summed E-state index contributed by atoms with van der Waals surface area (Å²) in [5.41, 5.74) is 22.6. The zero-order valence-electron chi connectivity index (χ0n) is 21.6. The van der Waals surface area contributed by atoms with Crippen LogP contribution in [0.25, 0.3) is 10.8 Å². The zero-order valence-corrected chi connectivity index (χ0v) is 25.0. The van der Waals surface area contributed by atoms with Gasteiger partial charge in [0.2, 0.25) is 11.8 Å². The van der Waals surface area contributed by atoms with Crippen LogP contribution in [0.2, 0.25) is 0 Å². The van der Waals surface area contributed by atoms with Gasteiger partial charge in [0.05, 0.1) is 12.1 Å². The third kappa shape index (κ3) is 6.09. The Kier molecular flexibility index (Phi) is 11.1. The van der Waals surface area contributed by atoms with Crippen molar-refractivity contribution in [2.45, 2.75) is 50.6 Å². The summed E-state index contributed by atoms with van der Waals surface area (Å²) in [5.74, 6) is -3.29. The summed E-state index contributed by atoms with van der Waals surface area (Å²) in [6, 6.07) is 4.45. The highest BCUT2D eigenvalue weighted by Gasteiger charge is 2.39. The first-order valence-electron chi connectivity index (χ1n) is 12.5. The van der Waals surface area contributed by atoms with Crippen molar-refractivity contribution >= 4 is 80.2 Å². The minimum Gasteiger partial charge on any atom is -0.368 e. The van der Waals surface area contributed by atoms with Gasteiger partial charge in [-0.1, -0.05) is 0 Å². The highest BCUT2D eigenvalue weighted by molar-refractivity contribution is 8.93. The van der Waals surface area contributed by atoms with Gasteiger partial charge < -0.3 is 22.9 Å². The van der Waals surface area contributed by atoms with Crippen molar-refractivity contribution in [3.63, 3.8) is 0 Å². The fourth-order valence-corrected chi connectivity index (χ4v) is 4.93. The molecule has 4 rings (SSSR count). The number of nitrogens with zero attached hydrogens (tertiary/aromatic N) is 2. The SMILES string of the molecule is Br.Br.NC(=O)C(N)CCCCN1C(=O)c2ccc3c4c(ccc(c24)C1=O)C(=O)N(CCCCC(N)C(N)=O)C3=O. The number of primary amides is 2. The molecular formula is C26H32Br2N6O6. The molecule has 0 saturated heterocycles. The molecule has 12 nitrogen and oxygen atoms in total. The van der Waals surface area contributed by atoms with Crippen LogP contribution in [0, 0.1) is 0 Å². The lowest BCUT2D eigenvalue weighted by Gasteiger charge is -2.32. The lowest BCUT2D eigenvalue weighted by atomic mass is 9.85. The second kappa shape index (κ2) is 13.4. The molecule has 0 bridgehead atoms. The van der Waals surface area contributed by atoms with E-state index in [1.807, 2.05) is 0 Å². The monoisotopic (exact) mass is 682 g/mol. The molecule has 2 atom stereocenters. The third-order valence-electron chi connectivity index (χ3n) is 7.09. The summed E-state index contributed by atoms with van der Waals surface area (Å²) in [7, 11) is 0. The topological polar surface area (TPSA) is 213 Å². The Morgan fingerprint density at radius 2 is 0.850 bits per heavy atom. The van der Waals surface area contributed by atoms with Crippen molar-refractivity contribution in [2.24, 2.45) is 22.9 Å². The second-order valence-electron chi connectivity index (χ2n) is 9.60. The van der Waals surface area contributed by atoms with Gasteiger partial charge in [0.25, 0.3) is 23.6 Å². The molecule has 14 heteroatoms. The summed E-state index contributed by atoms with van der Waals surface area (Å²) in [5, 5.41) is 0.603. The number of benzene rings is 2. The molecule has 40 heavy (non-hydrogen) atoms. The summed E-state index contributed by atoms with van der Waals surface area (Å²) in [6.07, 6.45) is 2.53. The van der Waals surface area contributed by atoms with E-state index < -0.39 is 47.5 Å². The fraction of sp³-hybridized carbons (Fsp3) is 0.385. The lowest BCUT2D eigenvalue weighted by Crippen LogP contribution is -2.44. The Morgan fingerprint density at radius 1 is 0.575 bits per heavy atom. The van der Waals surface area contributed by atoms with Crippen molar-refractivity contribution in [1.82, 2.24) is 9.80 Å². The van der Waals surface area contributed by atoms with Gasteiger partial charge in [-0.05, 0) is 62.8 Å². The van der Waals surface area contributed by atoms with Gasteiger partial charge in [0.1, 0.15) is 0 Å². The molecule has 0 spiro atoms. The van der Waals surface area contributed by atoms with Gasteiger partial charge in [-0.3, -0.25) is 38.6 Å². The number of halogens is 2. The number of unbranched alkanes of at least 4 members (excludes halogenated alkanes) is 2. The van der Waals surface area contributed by atoms with E-state index in [2.05, 4.69) is 0 Å². The van der Waals surface area contributed by atoms with Gasteiger partial charge in [-0.25, -0.2) is 0 Å². The van der Waals surface area contributed by atoms with Gasteiger partial charge in [-0.2, -0.15) is 0 Å². The van der Waals surface area contributed by atoms with E-state index in [0.717, 1.165) is 9.80 Å². The van der Waals surface area contributed by atoms with E-state index >= 15 is 0 Å². The van der Waals surface area contributed by atoms with Gasteiger partial charge in [-0.15, -0.1) is 34.0 Å². The fourth-order valence-electron chi connectivity index (χ4n) is 4.93. The number of carbonyl (C=O) groups is 6. The number of rotatable bonds is 12. The number of amides is 6. The molecule has 0 radical (unpaired) electrons. The molecule has 6 amide bonds. The second-order valence-corrected chi connectivity index (χ2v) is 9.60. The minimum atomic E-state index is -0.790. The van der Waals surface area contributed by atoms with Crippen molar-refractivity contribution in [3.05, 3.63) is 46.5 Å². The largest absolute Gasteiger partial charge is 0.368 e. The molecule has 0 aromatic heterocycles. The molecular weight excluding hydrogens is 652 g/mol. The Balaban J connectivity index is 0.00000280. The Labute approximate surface area is 251 Å². The highest BCUT2D eigenvalue weighted by atomic mass is 79.9. The lowest BCUT2D eigenvalue weighted by molar-refractivity contribution is -0.120. The Hall–Kier alpha value is -3.20. The Bertz CT molecular complexity index is 1210. The molecule has 2 aliphatic rings. The quantitative estimate of drug-likeness (QED) is 0.188. The van der Waals surface area contributed by atoms with Gasteiger partial charge in [0.15, 0.2) is 0 Å². The number of nitrogens with two attached hydrogens (primary N) is 4. The summed E-state index contributed by atoms with van der Waals surface area (Å²) in [6.45, 7) is 0.247. The average Bonchev–Trinajstić information content (AvgIpc) is 2.88. The third-order valence-corrected chi connectivity index (χ3v) is 7.09. The predicted octanol–water partition coefficient (Wildman–Crippen LogP) is 1.15. The molecule has 2 aliphatic heterocycles. The number of hydrogen-bond donors (Lipinski definition) is 4. The first-order valence-corrected chi connectivity index (χ1v) is 12.5. The van der Waals surface area contributed by atoms with E-state index in [1.54, 1.807) is 0 Å². The van der Waals surface area contributed by atoms with E-state index in [1.165, 1.54) is 24.3 Å². The van der Waals surface area contributed by atoms with E-state index in [0.29, 0.717) is 49.3 Å². The van der Waals surface area contributed by atoms with E-state index in [-0.39, 0.29) is 69.3 Å². The molecule has 2 heterocycles. The molecule has 0 fully saturated rings. The summed E-state index contributed by atoms with van der Waals surface area (Å²) < 4.78 is 0. The maximum absolute atomic E-state index is 13.3.